The van der Waals surface area contributed by atoms with Crippen molar-refractivity contribution in [3.8, 4) is 0 Å². The molecule has 0 aromatic carbocycles. The van der Waals surface area contributed by atoms with Crippen LogP contribution in [0.3, 0.4) is 0 Å². The van der Waals surface area contributed by atoms with Gasteiger partial charge in [0.25, 0.3) is 0 Å². The molecule has 2 N–H and O–H groups in total. The number of nitrogens with zero attached hydrogens (tertiary/aromatic N) is 3. The van der Waals surface area contributed by atoms with Crippen molar-refractivity contribution in [2.45, 2.75) is 45.4 Å². The summed E-state index contributed by atoms with van der Waals surface area (Å²) in [6.07, 6.45) is 6.52. The van der Waals surface area contributed by atoms with Crippen molar-refractivity contribution in [1.82, 2.24) is 9.97 Å². The van der Waals surface area contributed by atoms with Crippen LogP contribution in [0, 0.1) is 12.8 Å². The van der Waals surface area contributed by atoms with Crippen LogP contribution in [0.5, 0.6) is 0 Å². The molecule has 2 aromatic rings. The molecule has 1 amide bonds. The number of piperidine rings is 1. The summed E-state index contributed by atoms with van der Waals surface area (Å²) in [6, 6.07) is 0. The van der Waals surface area contributed by atoms with Gasteiger partial charge in [0.1, 0.15) is 16.5 Å². The van der Waals surface area contributed by atoms with E-state index in [4.69, 9.17) is 10.7 Å². The summed E-state index contributed by atoms with van der Waals surface area (Å²) in [5, 5.41) is 1.27. The second kappa shape index (κ2) is 5.74. The summed E-state index contributed by atoms with van der Waals surface area (Å²) in [6.45, 7) is 3.67. The fourth-order valence-corrected chi connectivity index (χ4v) is 5.15. The molecule has 1 aliphatic carbocycles. The first-order valence-electron chi connectivity index (χ1n) is 8.46. The monoisotopic (exact) mass is 330 g/mol. The van der Waals surface area contributed by atoms with Crippen LogP contribution in [0.2, 0.25) is 0 Å². The van der Waals surface area contributed by atoms with Gasteiger partial charge in [0.15, 0.2) is 0 Å². The maximum Gasteiger partial charge on any atom is 0.220 e. The summed E-state index contributed by atoms with van der Waals surface area (Å²) in [7, 11) is 0. The summed E-state index contributed by atoms with van der Waals surface area (Å²) >= 11 is 1.85. The van der Waals surface area contributed by atoms with Gasteiger partial charge in [0, 0.05) is 23.9 Å². The maximum atomic E-state index is 11.4. The molecule has 0 radical (unpaired) electrons. The molecule has 1 aliphatic heterocycles. The predicted octanol–water partition coefficient (Wildman–Crippen LogP) is 2.58. The molecule has 2 aliphatic rings. The van der Waals surface area contributed by atoms with E-state index in [1.54, 1.807) is 0 Å². The molecule has 5 nitrogen and oxygen atoms in total. The number of hydrogen-bond acceptors (Lipinski definition) is 5. The lowest BCUT2D eigenvalue weighted by molar-refractivity contribution is -0.122. The average Bonchev–Trinajstić information content (AvgIpc) is 2.92. The SMILES string of the molecule is Cc1nc(N2CCC(C(N)=O)CC2)c2c3c(sc2n1)CCCC3. The minimum Gasteiger partial charge on any atom is -0.369 e. The van der Waals surface area contributed by atoms with E-state index in [0.717, 1.165) is 48.8 Å². The van der Waals surface area contributed by atoms with Gasteiger partial charge in [-0.2, -0.15) is 0 Å². The fraction of sp³-hybridized carbons (Fsp3) is 0.588. The first-order valence-corrected chi connectivity index (χ1v) is 9.28. The van der Waals surface area contributed by atoms with Crippen molar-refractivity contribution in [1.29, 1.82) is 0 Å². The predicted molar refractivity (Wildman–Crippen MR) is 92.9 cm³/mol. The molecular formula is C17H22N4OS. The molecular weight excluding hydrogens is 308 g/mol. The molecule has 0 saturated carbocycles. The lowest BCUT2D eigenvalue weighted by Crippen LogP contribution is -2.39. The molecule has 23 heavy (non-hydrogen) atoms. The summed E-state index contributed by atoms with van der Waals surface area (Å²) in [4.78, 5) is 25.8. The molecule has 122 valence electrons. The number of carbonyl (C=O) groups is 1. The minimum atomic E-state index is -0.165. The van der Waals surface area contributed by atoms with Crippen molar-refractivity contribution in [2.24, 2.45) is 11.7 Å². The summed E-state index contributed by atoms with van der Waals surface area (Å²) in [5.41, 5.74) is 6.93. The molecule has 0 bridgehead atoms. The number of aromatic nitrogens is 2. The van der Waals surface area contributed by atoms with Gasteiger partial charge in [-0.05, 0) is 51.0 Å². The first kappa shape index (κ1) is 14.9. The van der Waals surface area contributed by atoms with Gasteiger partial charge in [-0.1, -0.05) is 0 Å². The van der Waals surface area contributed by atoms with E-state index >= 15 is 0 Å². The smallest absolute Gasteiger partial charge is 0.220 e. The quantitative estimate of drug-likeness (QED) is 0.918. The van der Waals surface area contributed by atoms with Crippen LogP contribution >= 0.6 is 11.3 Å². The number of aryl methyl sites for hydroxylation is 3. The number of nitrogens with two attached hydrogens (primary N) is 1. The summed E-state index contributed by atoms with van der Waals surface area (Å²) < 4.78 is 0. The number of thiophene rings is 1. The Kier molecular flexibility index (Phi) is 3.71. The molecule has 1 fully saturated rings. The van der Waals surface area contributed by atoms with E-state index in [1.165, 1.54) is 35.1 Å². The van der Waals surface area contributed by atoms with E-state index in [1.807, 2.05) is 18.3 Å². The van der Waals surface area contributed by atoms with E-state index < -0.39 is 0 Å². The standard InChI is InChI=1S/C17H22N4OS/c1-10-19-16(21-8-6-11(7-9-21)15(18)22)14-12-4-2-3-5-13(12)23-17(14)20-10/h11H,2-9H2,1H3,(H2,18,22). The lowest BCUT2D eigenvalue weighted by atomic mass is 9.94. The second-order valence-corrected chi connectivity index (χ2v) is 7.73. The van der Waals surface area contributed by atoms with Gasteiger partial charge in [0.05, 0.1) is 5.39 Å². The molecule has 0 unspecified atom stereocenters. The Morgan fingerprint density at radius 2 is 1.96 bits per heavy atom. The third kappa shape index (κ3) is 2.59. The second-order valence-electron chi connectivity index (χ2n) is 6.65. The van der Waals surface area contributed by atoms with Crippen molar-refractivity contribution < 1.29 is 4.79 Å². The van der Waals surface area contributed by atoms with E-state index in [0.29, 0.717) is 0 Å². The number of hydrogen-bond donors (Lipinski definition) is 1. The van der Waals surface area contributed by atoms with Gasteiger partial charge >= 0.3 is 0 Å². The van der Waals surface area contributed by atoms with Crippen molar-refractivity contribution in [3.63, 3.8) is 0 Å². The Labute approximate surface area is 139 Å². The highest BCUT2D eigenvalue weighted by Crippen LogP contribution is 2.40. The first-order chi connectivity index (χ1) is 11.1. The Balaban J connectivity index is 1.74. The molecule has 3 heterocycles. The number of carbonyl (C=O) groups excluding carboxylic acids is 1. The van der Waals surface area contributed by atoms with Gasteiger partial charge in [0.2, 0.25) is 5.91 Å². The van der Waals surface area contributed by atoms with Crippen LogP contribution in [0.1, 0.15) is 41.9 Å². The number of rotatable bonds is 2. The van der Waals surface area contributed by atoms with E-state index in [9.17, 15) is 4.79 Å². The number of anilines is 1. The van der Waals surface area contributed by atoms with Crippen molar-refractivity contribution >= 4 is 33.3 Å². The third-order valence-electron chi connectivity index (χ3n) is 5.10. The molecule has 1 saturated heterocycles. The van der Waals surface area contributed by atoms with Crippen LogP contribution < -0.4 is 10.6 Å². The average molecular weight is 330 g/mol. The molecule has 0 spiro atoms. The number of amides is 1. The Hall–Kier alpha value is -1.69. The van der Waals surface area contributed by atoms with Crippen molar-refractivity contribution in [2.75, 3.05) is 18.0 Å². The zero-order valence-electron chi connectivity index (χ0n) is 13.5. The summed E-state index contributed by atoms with van der Waals surface area (Å²) in [5.74, 6) is 1.76. The highest BCUT2D eigenvalue weighted by molar-refractivity contribution is 7.19. The highest BCUT2D eigenvalue weighted by Gasteiger charge is 2.27. The molecule has 6 heteroatoms. The van der Waals surface area contributed by atoms with Crippen LogP contribution in [-0.2, 0) is 17.6 Å². The van der Waals surface area contributed by atoms with E-state index in [2.05, 4.69) is 9.88 Å². The van der Waals surface area contributed by atoms with Crippen LogP contribution in [0.15, 0.2) is 0 Å². The minimum absolute atomic E-state index is 0.0149. The largest absolute Gasteiger partial charge is 0.369 e. The topological polar surface area (TPSA) is 72.1 Å². The van der Waals surface area contributed by atoms with Crippen LogP contribution in [-0.4, -0.2) is 29.0 Å². The lowest BCUT2D eigenvalue weighted by Gasteiger charge is -2.32. The van der Waals surface area contributed by atoms with Crippen LogP contribution in [0.4, 0.5) is 5.82 Å². The van der Waals surface area contributed by atoms with Gasteiger partial charge in [-0.3, -0.25) is 4.79 Å². The number of fused-ring (bicyclic) bond motifs is 3. The maximum absolute atomic E-state index is 11.4. The number of primary amides is 1. The Bertz CT molecular complexity index is 762. The Morgan fingerprint density at radius 3 is 2.70 bits per heavy atom. The zero-order chi connectivity index (χ0) is 16.0. The molecule has 2 aromatic heterocycles. The third-order valence-corrected chi connectivity index (χ3v) is 6.29. The van der Waals surface area contributed by atoms with E-state index in [-0.39, 0.29) is 11.8 Å². The Morgan fingerprint density at radius 1 is 1.22 bits per heavy atom. The van der Waals surface area contributed by atoms with Crippen LogP contribution in [0.25, 0.3) is 10.2 Å². The fourth-order valence-electron chi connectivity index (χ4n) is 3.85. The van der Waals surface area contributed by atoms with Gasteiger partial charge in [-0.15, -0.1) is 11.3 Å². The van der Waals surface area contributed by atoms with Gasteiger partial charge < -0.3 is 10.6 Å². The normalized spacial score (nSPS) is 19.1. The van der Waals surface area contributed by atoms with Crippen molar-refractivity contribution in [3.05, 3.63) is 16.3 Å². The molecule has 0 atom stereocenters. The molecule has 4 rings (SSSR count). The zero-order valence-corrected chi connectivity index (χ0v) is 14.3. The highest BCUT2D eigenvalue weighted by atomic mass is 32.1. The van der Waals surface area contributed by atoms with Gasteiger partial charge in [-0.25, -0.2) is 9.97 Å².